The van der Waals surface area contributed by atoms with Gasteiger partial charge < -0.3 is 14.6 Å². The molecule has 1 amide bonds. The first-order valence-corrected chi connectivity index (χ1v) is 10.0. The third kappa shape index (κ3) is 4.49. The number of aryl methyl sites for hydroxylation is 1. The van der Waals surface area contributed by atoms with E-state index in [1.807, 2.05) is 49.4 Å². The molecule has 0 aliphatic heterocycles. The second kappa shape index (κ2) is 9.22. The van der Waals surface area contributed by atoms with E-state index in [1.54, 1.807) is 24.5 Å². The molecule has 0 aliphatic rings. The zero-order chi connectivity index (χ0) is 20.8. The van der Waals surface area contributed by atoms with Crippen LogP contribution in [0.2, 0.25) is 0 Å². The van der Waals surface area contributed by atoms with E-state index >= 15 is 0 Å². The second-order valence-corrected chi connectivity index (χ2v) is 7.03. The molecule has 0 radical (unpaired) electrons. The zero-order valence-corrected chi connectivity index (χ0v) is 16.9. The van der Waals surface area contributed by atoms with Gasteiger partial charge in [0.05, 0.1) is 23.1 Å². The van der Waals surface area contributed by atoms with Crippen LogP contribution >= 0.6 is 0 Å². The predicted octanol–water partition coefficient (Wildman–Crippen LogP) is 3.79. The third-order valence-corrected chi connectivity index (χ3v) is 4.96. The lowest BCUT2D eigenvalue weighted by Crippen LogP contribution is -2.26. The number of aromatic nitrogens is 3. The Morgan fingerprint density at radius 3 is 2.73 bits per heavy atom. The molecule has 0 saturated carbocycles. The van der Waals surface area contributed by atoms with E-state index in [0.717, 1.165) is 28.2 Å². The average Bonchev–Trinajstić information content (AvgIpc) is 3.13. The van der Waals surface area contributed by atoms with Gasteiger partial charge in [0, 0.05) is 25.4 Å². The minimum absolute atomic E-state index is 0.131. The molecular weight excluding hydrogens is 376 g/mol. The van der Waals surface area contributed by atoms with Crippen molar-refractivity contribution in [3.8, 4) is 5.75 Å². The van der Waals surface area contributed by atoms with Gasteiger partial charge in [-0.3, -0.25) is 9.78 Å². The molecule has 2 aromatic heterocycles. The van der Waals surface area contributed by atoms with E-state index in [1.165, 1.54) is 0 Å². The summed E-state index contributed by atoms with van der Waals surface area (Å²) in [6.07, 6.45) is 3.84. The average molecular weight is 400 g/mol. The summed E-state index contributed by atoms with van der Waals surface area (Å²) in [4.78, 5) is 21.0. The molecule has 152 valence electrons. The summed E-state index contributed by atoms with van der Waals surface area (Å²) in [7, 11) is 0. The summed E-state index contributed by atoms with van der Waals surface area (Å²) in [5.74, 6) is 1.69. The van der Waals surface area contributed by atoms with Crippen molar-refractivity contribution in [1.29, 1.82) is 0 Å². The molecule has 4 aromatic rings. The van der Waals surface area contributed by atoms with Gasteiger partial charge in [-0.25, -0.2) is 4.98 Å². The molecule has 0 aliphatic carbocycles. The molecule has 0 saturated heterocycles. The van der Waals surface area contributed by atoms with Crippen LogP contribution in [-0.4, -0.2) is 33.6 Å². The number of carbonyl (C=O) groups is 1. The highest BCUT2D eigenvalue weighted by molar-refractivity contribution is 5.93. The van der Waals surface area contributed by atoms with E-state index in [2.05, 4.69) is 20.9 Å². The molecule has 1 N–H and O–H groups in total. The van der Waals surface area contributed by atoms with Crippen LogP contribution in [0.4, 0.5) is 0 Å². The molecule has 0 atom stereocenters. The Hall–Kier alpha value is -3.67. The van der Waals surface area contributed by atoms with Crippen molar-refractivity contribution in [3.63, 3.8) is 0 Å². The maximum atomic E-state index is 12.3. The number of rotatable bonds is 8. The number of imidazole rings is 1. The minimum atomic E-state index is -0.131. The molecule has 2 aromatic carbocycles. The van der Waals surface area contributed by atoms with Gasteiger partial charge in [-0.15, -0.1) is 0 Å². The van der Waals surface area contributed by atoms with Crippen molar-refractivity contribution in [3.05, 3.63) is 90.0 Å². The Morgan fingerprint density at radius 2 is 1.90 bits per heavy atom. The first-order valence-electron chi connectivity index (χ1n) is 10.0. The molecule has 30 heavy (non-hydrogen) atoms. The highest BCUT2D eigenvalue weighted by Crippen LogP contribution is 2.19. The van der Waals surface area contributed by atoms with Gasteiger partial charge >= 0.3 is 0 Å². The molecule has 6 heteroatoms. The van der Waals surface area contributed by atoms with E-state index in [9.17, 15) is 4.79 Å². The van der Waals surface area contributed by atoms with Crippen LogP contribution in [0, 0.1) is 6.92 Å². The van der Waals surface area contributed by atoms with Crippen molar-refractivity contribution in [2.75, 3.05) is 13.2 Å². The Labute approximate surface area is 175 Å². The molecule has 0 spiro atoms. The van der Waals surface area contributed by atoms with Gasteiger partial charge in [-0.1, -0.05) is 30.3 Å². The standard InChI is InChI=1S/C24H24N4O2/c1-18-7-2-5-11-22(18)30-16-15-28-21-10-4-3-9-20(21)27-23(28)12-14-26-24(29)19-8-6-13-25-17-19/h2-11,13,17H,12,14-16H2,1H3,(H,26,29). The number of nitrogens with zero attached hydrogens (tertiary/aromatic N) is 3. The highest BCUT2D eigenvalue weighted by Gasteiger charge is 2.12. The number of carbonyl (C=O) groups excluding carboxylic acids is 1. The van der Waals surface area contributed by atoms with Crippen LogP contribution in [0.1, 0.15) is 21.7 Å². The van der Waals surface area contributed by atoms with E-state index < -0.39 is 0 Å². The smallest absolute Gasteiger partial charge is 0.252 e. The number of nitrogens with one attached hydrogen (secondary N) is 1. The fraction of sp³-hybridized carbons (Fsp3) is 0.208. The van der Waals surface area contributed by atoms with E-state index in [0.29, 0.717) is 31.7 Å². The van der Waals surface area contributed by atoms with Crippen LogP contribution in [0.3, 0.4) is 0 Å². The molecule has 4 rings (SSSR count). The Morgan fingerprint density at radius 1 is 1.07 bits per heavy atom. The number of benzene rings is 2. The van der Waals surface area contributed by atoms with Crippen molar-refractivity contribution >= 4 is 16.9 Å². The lowest BCUT2D eigenvalue weighted by molar-refractivity contribution is 0.0953. The molecule has 6 nitrogen and oxygen atoms in total. The van der Waals surface area contributed by atoms with Gasteiger partial charge in [0.25, 0.3) is 5.91 Å². The van der Waals surface area contributed by atoms with Crippen molar-refractivity contribution in [2.45, 2.75) is 19.9 Å². The fourth-order valence-electron chi connectivity index (χ4n) is 3.42. The SMILES string of the molecule is Cc1ccccc1OCCn1c(CCNC(=O)c2cccnc2)nc2ccccc21. The number of amides is 1. The van der Waals surface area contributed by atoms with E-state index in [4.69, 9.17) is 9.72 Å². The quantitative estimate of drug-likeness (QED) is 0.489. The van der Waals surface area contributed by atoms with Gasteiger partial charge in [0.15, 0.2) is 0 Å². The van der Waals surface area contributed by atoms with Crippen molar-refractivity contribution in [2.24, 2.45) is 0 Å². The molecule has 2 heterocycles. The lowest BCUT2D eigenvalue weighted by atomic mass is 10.2. The number of fused-ring (bicyclic) bond motifs is 1. The molecule has 0 unspecified atom stereocenters. The highest BCUT2D eigenvalue weighted by atomic mass is 16.5. The second-order valence-electron chi connectivity index (χ2n) is 7.03. The molecular formula is C24H24N4O2. The van der Waals surface area contributed by atoms with Gasteiger partial charge in [-0.05, 0) is 42.8 Å². The zero-order valence-electron chi connectivity index (χ0n) is 16.9. The van der Waals surface area contributed by atoms with E-state index in [-0.39, 0.29) is 5.91 Å². The summed E-state index contributed by atoms with van der Waals surface area (Å²) >= 11 is 0. The number of pyridine rings is 1. The summed E-state index contributed by atoms with van der Waals surface area (Å²) in [5.41, 5.74) is 3.69. The number of ether oxygens (including phenoxy) is 1. The first-order chi connectivity index (χ1) is 14.7. The Kier molecular flexibility index (Phi) is 6.03. The molecule has 0 bridgehead atoms. The summed E-state index contributed by atoms with van der Waals surface area (Å²) in [6.45, 7) is 3.76. The van der Waals surface area contributed by atoms with Gasteiger partial charge in [-0.2, -0.15) is 0 Å². The predicted molar refractivity (Wildman–Crippen MR) is 117 cm³/mol. The maximum Gasteiger partial charge on any atom is 0.252 e. The summed E-state index contributed by atoms with van der Waals surface area (Å²) in [5, 5.41) is 2.94. The monoisotopic (exact) mass is 400 g/mol. The largest absolute Gasteiger partial charge is 0.491 e. The molecule has 0 fully saturated rings. The third-order valence-electron chi connectivity index (χ3n) is 4.96. The summed E-state index contributed by atoms with van der Waals surface area (Å²) < 4.78 is 8.16. The van der Waals surface area contributed by atoms with Crippen LogP contribution in [-0.2, 0) is 13.0 Å². The number of hydrogen-bond donors (Lipinski definition) is 1. The number of para-hydroxylation sites is 3. The van der Waals surface area contributed by atoms with Crippen molar-refractivity contribution < 1.29 is 9.53 Å². The lowest BCUT2D eigenvalue weighted by Gasteiger charge is -2.12. The fourth-order valence-corrected chi connectivity index (χ4v) is 3.42. The van der Waals surface area contributed by atoms with Crippen LogP contribution in [0.5, 0.6) is 5.75 Å². The van der Waals surface area contributed by atoms with Crippen LogP contribution in [0.15, 0.2) is 73.1 Å². The summed E-state index contributed by atoms with van der Waals surface area (Å²) in [6, 6.07) is 19.6. The minimum Gasteiger partial charge on any atom is -0.491 e. The Bertz CT molecular complexity index is 1140. The normalized spacial score (nSPS) is 10.8. The van der Waals surface area contributed by atoms with Crippen molar-refractivity contribution in [1.82, 2.24) is 19.9 Å². The maximum absolute atomic E-state index is 12.3. The van der Waals surface area contributed by atoms with Crippen LogP contribution in [0.25, 0.3) is 11.0 Å². The van der Waals surface area contributed by atoms with Crippen LogP contribution < -0.4 is 10.1 Å². The first kappa shape index (κ1) is 19.6. The topological polar surface area (TPSA) is 69.0 Å². The Balaban J connectivity index is 1.43. The van der Waals surface area contributed by atoms with Gasteiger partial charge in [0.1, 0.15) is 18.2 Å². The van der Waals surface area contributed by atoms with Gasteiger partial charge in [0.2, 0.25) is 0 Å². The number of hydrogen-bond acceptors (Lipinski definition) is 4.